The van der Waals surface area contributed by atoms with Gasteiger partial charge in [0.2, 0.25) is 0 Å². The summed E-state index contributed by atoms with van der Waals surface area (Å²) in [5.74, 6) is 0. The van der Waals surface area contributed by atoms with E-state index in [1.807, 2.05) is 0 Å². The molecule has 0 spiro atoms. The lowest BCUT2D eigenvalue weighted by molar-refractivity contribution is 0.378. The number of hydrogen-bond donors (Lipinski definition) is 1. The molecule has 0 heterocycles. The molecular weight excluding hydrogens is 226 g/mol. The Morgan fingerprint density at radius 1 is 0.857 bits per heavy atom. The molecule has 0 radical (unpaired) electrons. The molecular formula is C8H25NO2Si3. The van der Waals surface area contributed by atoms with Crippen LogP contribution in [0.25, 0.3) is 0 Å². The third kappa shape index (κ3) is 6.91. The van der Waals surface area contributed by atoms with Gasteiger partial charge in [-0.15, -0.1) is 0 Å². The van der Waals surface area contributed by atoms with Crippen molar-refractivity contribution in [1.82, 2.24) is 0 Å². The minimum absolute atomic E-state index is 0.835. The summed E-state index contributed by atoms with van der Waals surface area (Å²) in [6, 6.07) is 0.835. The zero-order valence-corrected chi connectivity index (χ0v) is 13.6. The molecule has 0 amide bonds. The lowest BCUT2D eigenvalue weighted by atomic mass is 11.0. The molecule has 14 heavy (non-hydrogen) atoms. The molecule has 2 N–H and O–H groups in total. The molecule has 0 unspecified atom stereocenters. The highest BCUT2D eigenvalue weighted by molar-refractivity contribution is 6.86. The fourth-order valence-corrected chi connectivity index (χ4v) is 11.2. The van der Waals surface area contributed by atoms with Gasteiger partial charge in [0.05, 0.1) is 0 Å². The second-order valence-corrected chi connectivity index (χ2v) is 18.0. The summed E-state index contributed by atoms with van der Waals surface area (Å²) >= 11 is 0. The first-order chi connectivity index (χ1) is 5.97. The Hall–Kier alpha value is 0.531. The Labute approximate surface area is 91.6 Å². The highest BCUT2D eigenvalue weighted by atomic mass is 28.5. The van der Waals surface area contributed by atoms with Crippen LogP contribution in [-0.2, 0) is 8.23 Å². The molecule has 0 aliphatic heterocycles. The van der Waals surface area contributed by atoms with Gasteiger partial charge in [0.15, 0.2) is 16.6 Å². The van der Waals surface area contributed by atoms with Crippen LogP contribution in [0.2, 0.25) is 45.3 Å². The molecule has 0 rings (SSSR count). The molecule has 0 aliphatic carbocycles. The SMILES string of the molecule is CC[Si](N)(O[Si](C)(C)C)O[Si](C)(C)C. The number of rotatable bonds is 5. The normalized spacial score (nSPS) is 14.6. The predicted octanol–water partition coefficient (Wildman–Crippen LogP) is 2.61. The van der Waals surface area contributed by atoms with E-state index in [4.69, 9.17) is 13.6 Å². The maximum atomic E-state index is 6.23. The molecule has 0 bridgehead atoms. The first-order valence-electron chi connectivity index (χ1n) is 5.17. The van der Waals surface area contributed by atoms with E-state index in [9.17, 15) is 0 Å². The topological polar surface area (TPSA) is 44.5 Å². The zero-order valence-electron chi connectivity index (χ0n) is 10.6. The lowest BCUT2D eigenvalue weighted by Gasteiger charge is -2.36. The van der Waals surface area contributed by atoms with Gasteiger partial charge in [-0.25, -0.2) is 0 Å². The van der Waals surface area contributed by atoms with E-state index in [0.29, 0.717) is 0 Å². The van der Waals surface area contributed by atoms with Crippen LogP contribution < -0.4 is 5.40 Å². The second kappa shape index (κ2) is 4.58. The van der Waals surface area contributed by atoms with E-state index in [0.717, 1.165) is 6.04 Å². The summed E-state index contributed by atoms with van der Waals surface area (Å²) in [5, 5.41) is 6.23. The molecule has 86 valence electrons. The van der Waals surface area contributed by atoms with Crippen LogP contribution in [-0.4, -0.2) is 25.4 Å². The van der Waals surface area contributed by atoms with Crippen molar-refractivity contribution in [3.05, 3.63) is 0 Å². The van der Waals surface area contributed by atoms with E-state index < -0.39 is 25.4 Å². The summed E-state index contributed by atoms with van der Waals surface area (Å²) in [7, 11) is -5.53. The van der Waals surface area contributed by atoms with Gasteiger partial charge in [0.1, 0.15) is 0 Å². The van der Waals surface area contributed by atoms with Gasteiger partial charge in [-0.05, 0) is 39.3 Å². The number of nitrogens with two attached hydrogens (primary N) is 1. The van der Waals surface area contributed by atoms with Crippen LogP contribution in [0.5, 0.6) is 0 Å². The summed E-state index contributed by atoms with van der Waals surface area (Å²) in [5.41, 5.74) is 0. The van der Waals surface area contributed by atoms with E-state index in [-0.39, 0.29) is 0 Å². The largest absolute Gasteiger partial charge is 0.425 e. The number of hydrogen-bond acceptors (Lipinski definition) is 3. The highest BCUT2D eigenvalue weighted by Crippen LogP contribution is 2.19. The van der Waals surface area contributed by atoms with E-state index in [2.05, 4.69) is 46.2 Å². The van der Waals surface area contributed by atoms with Crippen LogP contribution in [0.3, 0.4) is 0 Å². The zero-order chi connectivity index (χ0) is 11.6. The van der Waals surface area contributed by atoms with Gasteiger partial charge in [-0.1, -0.05) is 6.92 Å². The van der Waals surface area contributed by atoms with Crippen LogP contribution in [0.4, 0.5) is 0 Å². The van der Waals surface area contributed by atoms with Crippen LogP contribution in [0.1, 0.15) is 6.92 Å². The smallest absolute Gasteiger partial charge is 0.401 e. The van der Waals surface area contributed by atoms with Crippen LogP contribution in [0.15, 0.2) is 0 Å². The molecule has 0 aliphatic rings. The van der Waals surface area contributed by atoms with Crippen molar-refractivity contribution in [2.45, 2.75) is 52.2 Å². The molecule has 0 aromatic carbocycles. The first kappa shape index (κ1) is 14.5. The van der Waals surface area contributed by atoms with Gasteiger partial charge in [-0.2, -0.15) is 0 Å². The first-order valence-corrected chi connectivity index (χ1v) is 14.1. The minimum atomic E-state index is -2.37. The lowest BCUT2D eigenvalue weighted by Crippen LogP contribution is -2.61. The van der Waals surface area contributed by atoms with Gasteiger partial charge in [0.25, 0.3) is 0 Å². The average Bonchev–Trinajstić information content (AvgIpc) is 1.78. The summed E-state index contributed by atoms with van der Waals surface area (Å²) in [4.78, 5) is 0. The third-order valence-corrected chi connectivity index (χ3v) is 10.1. The maximum Gasteiger partial charge on any atom is 0.401 e. The van der Waals surface area contributed by atoms with E-state index >= 15 is 0 Å². The Balaban J connectivity index is 4.49. The third-order valence-electron chi connectivity index (χ3n) is 1.45. The highest BCUT2D eigenvalue weighted by Gasteiger charge is 2.40. The molecule has 3 nitrogen and oxygen atoms in total. The Kier molecular flexibility index (Phi) is 4.76. The van der Waals surface area contributed by atoms with Crippen molar-refractivity contribution >= 4 is 25.4 Å². The molecule has 0 atom stereocenters. The van der Waals surface area contributed by atoms with Gasteiger partial charge < -0.3 is 13.6 Å². The molecule has 0 saturated carbocycles. The summed E-state index contributed by atoms with van der Waals surface area (Å²) in [6.45, 7) is 15.0. The Bertz CT molecular complexity index is 170. The average molecular weight is 252 g/mol. The predicted molar refractivity (Wildman–Crippen MR) is 69.3 cm³/mol. The van der Waals surface area contributed by atoms with Gasteiger partial charge in [-0.3, -0.25) is 0 Å². The van der Waals surface area contributed by atoms with Crippen molar-refractivity contribution in [2.75, 3.05) is 0 Å². The summed E-state index contributed by atoms with van der Waals surface area (Å²) < 4.78 is 12.0. The monoisotopic (exact) mass is 251 g/mol. The van der Waals surface area contributed by atoms with E-state index in [1.165, 1.54) is 0 Å². The summed E-state index contributed by atoms with van der Waals surface area (Å²) in [6.07, 6.45) is 0. The van der Waals surface area contributed by atoms with Crippen LogP contribution >= 0.6 is 0 Å². The van der Waals surface area contributed by atoms with E-state index in [1.54, 1.807) is 0 Å². The van der Waals surface area contributed by atoms with Crippen molar-refractivity contribution in [2.24, 2.45) is 5.40 Å². The Morgan fingerprint density at radius 3 is 1.29 bits per heavy atom. The van der Waals surface area contributed by atoms with Gasteiger partial charge in [0, 0.05) is 6.04 Å². The van der Waals surface area contributed by atoms with Crippen molar-refractivity contribution < 1.29 is 8.23 Å². The molecule has 0 saturated heterocycles. The maximum absolute atomic E-state index is 6.23. The fourth-order valence-electron chi connectivity index (χ4n) is 1.20. The van der Waals surface area contributed by atoms with Crippen LogP contribution in [0, 0.1) is 0 Å². The van der Waals surface area contributed by atoms with Gasteiger partial charge >= 0.3 is 8.72 Å². The fraction of sp³-hybridized carbons (Fsp3) is 1.00. The van der Waals surface area contributed by atoms with Crippen molar-refractivity contribution in [3.8, 4) is 0 Å². The second-order valence-electron chi connectivity index (χ2n) is 5.59. The molecule has 0 aromatic rings. The quantitative estimate of drug-likeness (QED) is 0.764. The standard InChI is InChI=1S/C8H25NO2Si3/c1-8-14(9,10-12(2,3)4)11-13(5,6)7/h8-9H2,1-7H3. The molecule has 6 heteroatoms. The molecule has 0 aromatic heterocycles. The molecule has 0 fully saturated rings. The van der Waals surface area contributed by atoms with Crippen molar-refractivity contribution in [3.63, 3.8) is 0 Å². The Morgan fingerprint density at radius 2 is 1.14 bits per heavy atom. The van der Waals surface area contributed by atoms with Crippen molar-refractivity contribution in [1.29, 1.82) is 0 Å². The minimum Gasteiger partial charge on any atom is -0.425 e.